The number of carbonyl (C=O) groups excluding carboxylic acids is 1. The molecule has 0 aromatic heterocycles. The molecular weight excluding hydrogens is 251 g/mol. The van der Waals surface area contributed by atoms with Gasteiger partial charge in [-0.25, -0.2) is 4.39 Å². The standard InChI is InChI=1S/C13H15FN2OS/c1-9(2)16(7-3-6-15)13(17)11-8-10(18)4-5-12(11)14/h4-5,8-9,18H,3,7H2,1-2H3. The van der Waals surface area contributed by atoms with E-state index in [0.717, 1.165) is 0 Å². The molecule has 5 heteroatoms. The maximum absolute atomic E-state index is 13.6. The lowest BCUT2D eigenvalue weighted by Crippen LogP contribution is -2.38. The summed E-state index contributed by atoms with van der Waals surface area (Å²) in [6.45, 7) is 3.96. The minimum atomic E-state index is -0.569. The minimum Gasteiger partial charge on any atom is -0.335 e. The van der Waals surface area contributed by atoms with Gasteiger partial charge in [-0.1, -0.05) is 0 Å². The third kappa shape index (κ3) is 3.47. The molecule has 0 unspecified atom stereocenters. The molecule has 0 N–H and O–H groups in total. The molecule has 1 aromatic carbocycles. The fourth-order valence-electron chi connectivity index (χ4n) is 1.60. The number of carbonyl (C=O) groups is 1. The normalized spacial score (nSPS) is 10.2. The average Bonchev–Trinajstić information content (AvgIpc) is 2.32. The van der Waals surface area contributed by atoms with Gasteiger partial charge in [0.25, 0.3) is 5.91 Å². The maximum atomic E-state index is 13.6. The fourth-order valence-corrected chi connectivity index (χ4v) is 1.80. The zero-order chi connectivity index (χ0) is 13.7. The van der Waals surface area contributed by atoms with E-state index in [0.29, 0.717) is 11.4 Å². The Hall–Kier alpha value is -1.54. The Morgan fingerprint density at radius 3 is 2.78 bits per heavy atom. The quantitative estimate of drug-likeness (QED) is 0.852. The van der Waals surface area contributed by atoms with Crippen molar-refractivity contribution in [1.29, 1.82) is 5.26 Å². The summed E-state index contributed by atoms with van der Waals surface area (Å²) in [6, 6.07) is 6.01. The molecule has 1 rings (SSSR count). The number of nitrogens with zero attached hydrogens (tertiary/aromatic N) is 2. The Morgan fingerprint density at radius 1 is 1.56 bits per heavy atom. The minimum absolute atomic E-state index is 0.00543. The summed E-state index contributed by atoms with van der Waals surface area (Å²) < 4.78 is 13.6. The Kier molecular flexibility index (Phi) is 5.17. The number of hydrogen-bond donors (Lipinski definition) is 1. The molecule has 0 aliphatic heterocycles. The smallest absolute Gasteiger partial charge is 0.257 e. The van der Waals surface area contributed by atoms with E-state index in [-0.39, 0.29) is 18.0 Å². The molecule has 0 atom stereocenters. The van der Waals surface area contributed by atoms with E-state index in [1.807, 2.05) is 19.9 Å². The van der Waals surface area contributed by atoms with Gasteiger partial charge in [0.2, 0.25) is 0 Å². The summed E-state index contributed by atoms with van der Waals surface area (Å²) in [5, 5.41) is 8.57. The van der Waals surface area contributed by atoms with E-state index < -0.39 is 11.7 Å². The lowest BCUT2D eigenvalue weighted by Gasteiger charge is -2.26. The van der Waals surface area contributed by atoms with Gasteiger partial charge in [-0.05, 0) is 32.0 Å². The van der Waals surface area contributed by atoms with Gasteiger partial charge < -0.3 is 4.90 Å². The van der Waals surface area contributed by atoms with Gasteiger partial charge in [-0.2, -0.15) is 5.26 Å². The largest absolute Gasteiger partial charge is 0.335 e. The van der Waals surface area contributed by atoms with Crippen LogP contribution in [-0.2, 0) is 0 Å². The first-order valence-electron chi connectivity index (χ1n) is 5.63. The van der Waals surface area contributed by atoms with Crippen molar-refractivity contribution in [3.63, 3.8) is 0 Å². The predicted molar refractivity (Wildman–Crippen MR) is 70.1 cm³/mol. The van der Waals surface area contributed by atoms with E-state index in [4.69, 9.17) is 5.26 Å². The van der Waals surface area contributed by atoms with Crippen LogP contribution in [0.5, 0.6) is 0 Å². The van der Waals surface area contributed by atoms with Crippen LogP contribution < -0.4 is 0 Å². The molecule has 0 aliphatic rings. The van der Waals surface area contributed by atoms with Gasteiger partial charge in [-0.3, -0.25) is 4.79 Å². The van der Waals surface area contributed by atoms with Crippen molar-refractivity contribution in [2.24, 2.45) is 0 Å². The van der Waals surface area contributed by atoms with Gasteiger partial charge in [0, 0.05) is 17.5 Å². The van der Waals surface area contributed by atoms with Crippen molar-refractivity contribution in [3.8, 4) is 6.07 Å². The molecule has 96 valence electrons. The SMILES string of the molecule is CC(C)N(CCC#N)C(=O)c1cc(S)ccc1F. The Labute approximate surface area is 112 Å². The molecule has 0 saturated heterocycles. The Balaban J connectivity index is 3.02. The van der Waals surface area contributed by atoms with Crippen molar-refractivity contribution in [3.05, 3.63) is 29.6 Å². The van der Waals surface area contributed by atoms with Crippen molar-refractivity contribution in [1.82, 2.24) is 4.90 Å². The van der Waals surface area contributed by atoms with Crippen molar-refractivity contribution in [2.45, 2.75) is 31.2 Å². The van der Waals surface area contributed by atoms with Crippen LogP contribution >= 0.6 is 12.6 Å². The summed E-state index contributed by atoms with van der Waals surface area (Å²) in [6.07, 6.45) is 0.228. The Bertz CT molecular complexity index is 482. The van der Waals surface area contributed by atoms with Gasteiger partial charge in [0.1, 0.15) is 5.82 Å². The number of rotatable bonds is 4. The Morgan fingerprint density at radius 2 is 2.22 bits per heavy atom. The molecule has 0 bridgehead atoms. The lowest BCUT2D eigenvalue weighted by molar-refractivity contribution is 0.0705. The molecule has 1 aromatic rings. The average molecular weight is 266 g/mol. The van der Waals surface area contributed by atoms with Crippen LogP contribution in [0, 0.1) is 17.1 Å². The predicted octanol–water partition coefficient (Wildman–Crippen LogP) is 2.88. The second-order valence-corrected chi connectivity index (χ2v) is 4.68. The van der Waals surface area contributed by atoms with E-state index in [9.17, 15) is 9.18 Å². The number of thiol groups is 1. The molecule has 0 saturated carbocycles. The van der Waals surface area contributed by atoms with E-state index in [1.165, 1.54) is 23.1 Å². The summed E-state index contributed by atoms with van der Waals surface area (Å²) in [4.78, 5) is 14.2. The van der Waals surface area contributed by atoms with Crippen molar-refractivity contribution >= 4 is 18.5 Å². The van der Waals surface area contributed by atoms with Gasteiger partial charge in [-0.15, -0.1) is 12.6 Å². The van der Waals surface area contributed by atoms with Crippen LogP contribution in [0.2, 0.25) is 0 Å². The zero-order valence-corrected chi connectivity index (χ0v) is 11.2. The summed E-state index contributed by atoms with van der Waals surface area (Å²) in [7, 11) is 0. The first kappa shape index (κ1) is 14.5. The third-order valence-electron chi connectivity index (χ3n) is 2.53. The van der Waals surface area contributed by atoms with Crippen LogP contribution in [0.4, 0.5) is 4.39 Å². The maximum Gasteiger partial charge on any atom is 0.257 e. The molecular formula is C13H15FN2OS. The van der Waals surface area contributed by atoms with Crippen LogP contribution in [0.3, 0.4) is 0 Å². The summed E-state index contributed by atoms with van der Waals surface area (Å²) in [5.41, 5.74) is -0.00543. The molecule has 0 spiro atoms. The van der Waals surface area contributed by atoms with Crippen molar-refractivity contribution in [2.75, 3.05) is 6.54 Å². The number of benzene rings is 1. The number of hydrogen-bond acceptors (Lipinski definition) is 3. The topological polar surface area (TPSA) is 44.1 Å². The number of halogens is 1. The molecule has 0 fully saturated rings. The second-order valence-electron chi connectivity index (χ2n) is 4.16. The zero-order valence-electron chi connectivity index (χ0n) is 10.4. The highest BCUT2D eigenvalue weighted by atomic mass is 32.1. The molecule has 3 nitrogen and oxygen atoms in total. The highest BCUT2D eigenvalue weighted by molar-refractivity contribution is 7.80. The number of nitriles is 1. The molecule has 1 amide bonds. The van der Waals surface area contributed by atoms with E-state index in [1.54, 1.807) is 0 Å². The van der Waals surface area contributed by atoms with Gasteiger partial charge in [0.15, 0.2) is 0 Å². The van der Waals surface area contributed by atoms with Crippen LogP contribution in [0.25, 0.3) is 0 Å². The summed E-state index contributed by atoms with van der Waals surface area (Å²) >= 11 is 4.10. The third-order valence-corrected chi connectivity index (χ3v) is 2.81. The molecule has 0 heterocycles. The lowest BCUT2D eigenvalue weighted by atomic mass is 10.1. The second kappa shape index (κ2) is 6.41. The van der Waals surface area contributed by atoms with Gasteiger partial charge >= 0.3 is 0 Å². The van der Waals surface area contributed by atoms with Crippen LogP contribution in [0.15, 0.2) is 23.1 Å². The molecule has 0 radical (unpaired) electrons. The molecule has 0 aliphatic carbocycles. The van der Waals surface area contributed by atoms with E-state index in [2.05, 4.69) is 12.6 Å². The van der Waals surface area contributed by atoms with Gasteiger partial charge in [0.05, 0.1) is 18.1 Å². The van der Waals surface area contributed by atoms with E-state index >= 15 is 0 Å². The first-order valence-corrected chi connectivity index (χ1v) is 6.08. The summed E-state index contributed by atoms with van der Waals surface area (Å²) in [5.74, 6) is -0.978. The highest BCUT2D eigenvalue weighted by Gasteiger charge is 2.21. The first-order chi connectivity index (χ1) is 8.47. The van der Waals surface area contributed by atoms with Crippen LogP contribution in [0.1, 0.15) is 30.6 Å². The highest BCUT2D eigenvalue weighted by Crippen LogP contribution is 2.17. The van der Waals surface area contributed by atoms with Crippen LogP contribution in [-0.4, -0.2) is 23.4 Å². The number of amides is 1. The fraction of sp³-hybridized carbons (Fsp3) is 0.385. The monoisotopic (exact) mass is 266 g/mol. The molecule has 18 heavy (non-hydrogen) atoms. The van der Waals surface area contributed by atoms with Crippen molar-refractivity contribution < 1.29 is 9.18 Å².